The number of hydrogen-bond donors (Lipinski definition) is 1. The number of hydrogen-bond acceptors (Lipinski definition) is 5. The molecule has 0 saturated heterocycles. The minimum absolute atomic E-state index is 0.379. The van der Waals surface area contributed by atoms with E-state index in [0.717, 1.165) is 12.1 Å². The number of esters is 1. The quantitative estimate of drug-likeness (QED) is 0.417. The first-order valence-corrected chi connectivity index (χ1v) is 8.22. The first-order valence-electron chi connectivity index (χ1n) is 7.81. The highest BCUT2D eigenvalue weighted by Gasteiger charge is 2.10. The van der Waals surface area contributed by atoms with Crippen molar-refractivity contribution in [3.63, 3.8) is 0 Å². The van der Waals surface area contributed by atoms with Gasteiger partial charge in [-0.25, -0.2) is 4.79 Å². The smallest absolute Gasteiger partial charge is 0.337 e. The monoisotopic (exact) mass is 349 g/mol. The average Bonchev–Trinajstić information content (AvgIpc) is 2.61. The Balaban J connectivity index is 2.62. The predicted molar refractivity (Wildman–Crippen MR) is 96.9 cm³/mol. The SMILES string of the molecule is CCOCCCN(CCC#N)C(=S)Nc1ccc(C(=O)OC)cc1. The van der Waals surface area contributed by atoms with Gasteiger partial charge < -0.3 is 19.7 Å². The van der Waals surface area contributed by atoms with E-state index in [0.29, 0.717) is 43.4 Å². The molecule has 0 aliphatic heterocycles. The van der Waals surface area contributed by atoms with Crippen LogP contribution >= 0.6 is 12.2 Å². The third-order valence-electron chi connectivity index (χ3n) is 3.26. The number of methoxy groups -OCH3 is 1. The van der Waals surface area contributed by atoms with Crippen LogP contribution in [-0.2, 0) is 9.47 Å². The molecule has 0 heterocycles. The summed E-state index contributed by atoms with van der Waals surface area (Å²) < 4.78 is 10.0. The number of nitrogens with zero attached hydrogens (tertiary/aromatic N) is 2. The van der Waals surface area contributed by atoms with Gasteiger partial charge in [-0.05, 0) is 49.8 Å². The lowest BCUT2D eigenvalue weighted by atomic mass is 10.2. The van der Waals surface area contributed by atoms with Crippen LogP contribution in [0.15, 0.2) is 24.3 Å². The average molecular weight is 349 g/mol. The Morgan fingerprint density at radius 2 is 2.04 bits per heavy atom. The van der Waals surface area contributed by atoms with Gasteiger partial charge in [-0.1, -0.05) is 0 Å². The number of nitrogens with one attached hydrogen (secondary N) is 1. The van der Waals surface area contributed by atoms with E-state index in [1.54, 1.807) is 24.3 Å². The summed E-state index contributed by atoms with van der Waals surface area (Å²) in [6.07, 6.45) is 1.24. The Kier molecular flexibility index (Phi) is 9.42. The van der Waals surface area contributed by atoms with Crippen LogP contribution in [0, 0.1) is 11.3 Å². The van der Waals surface area contributed by atoms with Gasteiger partial charge in [-0.2, -0.15) is 5.26 Å². The number of rotatable bonds is 9. The lowest BCUT2D eigenvalue weighted by molar-refractivity contribution is 0.0601. The standard InChI is InChI=1S/C17H23N3O3S/c1-3-23-13-5-12-20(11-4-10-18)17(24)19-15-8-6-14(7-9-15)16(21)22-2/h6-9H,3-5,11-13H2,1-2H3,(H,19,24). The van der Waals surface area contributed by atoms with Crippen LogP contribution in [0.2, 0.25) is 0 Å². The van der Waals surface area contributed by atoms with Crippen molar-refractivity contribution in [2.75, 3.05) is 38.7 Å². The second-order valence-electron chi connectivity index (χ2n) is 4.94. The molecule has 1 N–H and O–H groups in total. The number of ether oxygens (including phenoxy) is 2. The molecule has 0 unspecified atom stereocenters. The molecular weight excluding hydrogens is 326 g/mol. The molecule has 0 atom stereocenters. The molecule has 0 amide bonds. The molecular formula is C17H23N3O3S. The van der Waals surface area contributed by atoms with Crippen molar-refractivity contribution in [3.8, 4) is 6.07 Å². The van der Waals surface area contributed by atoms with Gasteiger partial charge in [-0.15, -0.1) is 0 Å². The molecule has 6 nitrogen and oxygen atoms in total. The van der Waals surface area contributed by atoms with E-state index in [2.05, 4.69) is 16.1 Å². The van der Waals surface area contributed by atoms with Crippen LogP contribution < -0.4 is 5.32 Å². The zero-order chi connectivity index (χ0) is 17.8. The van der Waals surface area contributed by atoms with Crippen molar-refractivity contribution in [3.05, 3.63) is 29.8 Å². The van der Waals surface area contributed by atoms with Crippen molar-refractivity contribution in [2.45, 2.75) is 19.8 Å². The highest BCUT2D eigenvalue weighted by molar-refractivity contribution is 7.80. The maximum Gasteiger partial charge on any atom is 0.337 e. The van der Waals surface area contributed by atoms with Crippen molar-refractivity contribution < 1.29 is 14.3 Å². The molecule has 0 aliphatic carbocycles. The van der Waals surface area contributed by atoms with Gasteiger partial charge >= 0.3 is 5.97 Å². The molecule has 0 fully saturated rings. The summed E-state index contributed by atoms with van der Waals surface area (Å²) in [7, 11) is 1.35. The second-order valence-corrected chi connectivity index (χ2v) is 5.33. The molecule has 0 aromatic heterocycles. The summed E-state index contributed by atoms with van der Waals surface area (Å²) in [4.78, 5) is 13.4. The fraction of sp³-hybridized carbons (Fsp3) is 0.471. The van der Waals surface area contributed by atoms with Crippen molar-refractivity contribution >= 4 is 29.0 Å². The number of anilines is 1. The normalized spacial score (nSPS) is 9.88. The van der Waals surface area contributed by atoms with Crippen molar-refractivity contribution in [2.24, 2.45) is 0 Å². The van der Waals surface area contributed by atoms with E-state index in [1.165, 1.54) is 7.11 Å². The van der Waals surface area contributed by atoms with E-state index < -0.39 is 0 Å². The minimum Gasteiger partial charge on any atom is -0.465 e. The Morgan fingerprint density at radius 3 is 2.62 bits per heavy atom. The molecule has 24 heavy (non-hydrogen) atoms. The van der Waals surface area contributed by atoms with Crippen molar-refractivity contribution in [1.29, 1.82) is 5.26 Å². The van der Waals surface area contributed by atoms with Gasteiger partial charge in [0.2, 0.25) is 0 Å². The highest BCUT2D eigenvalue weighted by Crippen LogP contribution is 2.12. The third-order valence-corrected chi connectivity index (χ3v) is 3.62. The minimum atomic E-state index is -0.379. The third kappa shape index (κ3) is 6.94. The summed E-state index contributed by atoms with van der Waals surface area (Å²) in [6.45, 7) is 4.59. The zero-order valence-corrected chi connectivity index (χ0v) is 14.9. The van der Waals surface area contributed by atoms with Gasteiger partial charge in [0.15, 0.2) is 5.11 Å². The van der Waals surface area contributed by atoms with Crippen LogP contribution in [-0.4, -0.2) is 49.4 Å². The zero-order valence-electron chi connectivity index (χ0n) is 14.1. The lowest BCUT2D eigenvalue weighted by Gasteiger charge is -2.25. The number of carbonyl (C=O) groups excluding carboxylic acids is 1. The maximum atomic E-state index is 11.4. The molecule has 1 aromatic rings. The summed E-state index contributed by atoms with van der Waals surface area (Å²) in [5, 5.41) is 12.5. The number of carbonyl (C=O) groups is 1. The van der Waals surface area contributed by atoms with Gasteiger partial charge in [0.1, 0.15) is 0 Å². The Morgan fingerprint density at radius 1 is 1.33 bits per heavy atom. The molecule has 130 valence electrons. The van der Waals surface area contributed by atoms with Crippen LogP contribution in [0.25, 0.3) is 0 Å². The maximum absolute atomic E-state index is 11.4. The van der Waals surface area contributed by atoms with Crippen LogP contribution in [0.1, 0.15) is 30.1 Å². The summed E-state index contributed by atoms with van der Waals surface area (Å²) in [6, 6.07) is 9.01. The molecule has 1 rings (SSSR count). The molecule has 1 aromatic carbocycles. The van der Waals surface area contributed by atoms with Crippen LogP contribution in [0.4, 0.5) is 5.69 Å². The van der Waals surface area contributed by atoms with Crippen molar-refractivity contribution in [1.82, 2.24) is 4.90 Å². The van der Waals surface area contributed by atoms with Crippen LogP contribution in [0.5, 0.6) is 0 Å². The predicted octanol–water partition coefficient (Wildman–Crippen LogP) is 2.81. The van der Waals surface area contributed by atoms with Gasteiger partial charge in [0.05, 0.1) is 25.2 Å². The highest BCUT2D eigenvalue weighted by atomic mass is 32.1. The van der Waals surface area contributed by atoms with E-state index in [4.69, 9.17) is 22.2 Å². The van der Waals surface area contributed by atoms with E-state index >= 15 is 0 Å². The fourth-order valence-electron chi connectivity index (χ4n) is 2.01. The van der Waals surface area contributed by atoms with Gasteiger partial charge in [-0.3, -0.25) is 0 Å². The summed E-state index contributed by atoms with van der Waals surface area (Å²) in [5.74, 6) is -0.379. The fourth-order valence-corrected chi connectivity index (χ4v) is 2.31. The Bertz CT molecular complexity index is 569. The second kappa shape index (κ2) is 11.4. The van der Waals surface area contributed by atoms with E-state index in [1.807, 2.05) is 11.8 Å². The Labute approximate surface area is 148 Å². The molecule has 0 saturated carbocycles. The lowest BCUT2D eigenvalue weighted by Crippen LogP contribution is -2.36. The largest absolute Gasteiger partial charge is 0.465 e. The first kappa shape index (κ1) is 19.9. The molecule has 0 radical (unpaired) electrons. The Hall–Kier alpha value is -2.17. The summed E-state index contributed by atoms with van der Waals surface area (Å²) in [5.41, 5.74) is 1.26. The molecule has 0 spiro atoms. The molecule has 0 bridgehead atoms. The van der Waals surface area contributed by atoms with Gasteiger partial charge in [0, 0.05) is 32.0 Å². The topological polar surface area (TPSA) is 74.6 Å². The molecule has 0 aliphatic rings. The number of thiocarbonyl (C=S) groups is 1. The van der Waals surface area contributed by atoms with E-state index in [9.17, 15) is 4.79 Å². The number of nitriles is 1. The van der Waals surface area contributed by atoms with Gasteiger partial charge in [0.25, 0.3) is 0 Å². The van der Waals surface area contributed by atoms with E-state index in [-0.39, 0.29) is 5.97 Å². The first-order chi connectivity index (χ1) is 11.6. The summed E-state index contributed by atoms with van der Waals surface area (Å²) >= 11 is 5.43. The molecule has 7 heteroatoms. The number of benzene rings is 1. The van der Waals surface area contributed by atoms with Crippen LogP contribution in [0.3, 0.4) is 0 Å².